The number of phenolic OH excluding ortho intramolecular Hbond substituents is 1. The van der Waals surface area contributed by atoms with Crippen molar-refractivity contribution in [3.8, 4) is 16.9 Å². The fourth-order valence-corrected chi connectivity index (χ4v) is 2.75. The van der Waals surface area contributed by atoms with Crippen LogP contribution in [0.15, 0.2) is 41.6 Å². The summed E-state index contributed by atoms with van der Waals surface area (Å²) in [6.45, 7) is 0. The molecule has 2 aromatic rings. The van der Waals surface area contributed by atoms with Gasteiger partial charge >= 0.3 is 6.18 Å². The molecule has 0 heterocycles. The van der Waals surface area contributed by atoms with E-state index in [4.69, 9.17) is 5.21 Å². The largest absolute Gasteiger partial charge is 0.507 e. The highest BCUT2D eigenvalue weighted by Crippen LogP contribution is 2.38. The summed E-state index contributed by atoms with van der Waals surface area (Å²) in [4.78, 5) is 12.2. The Morgan fingerprint density at radius 3 is 2.33 bits per heavy atom. The number of fused-ring (bicyclic) bond motifs is 1. The summed E-state index contributed by atoms with van der Waals surface area (Å²) in [5, 5.41) is 21.2. The maximum absolute atomic E-state index is 12.9. The van der Waals surface area contributed by atoms with Crippen molar-refractivity contribution in [2.24, 2.45) is 5.16 Å². The van der Waals surface area contributed by atoms with E-state index in [0.717, 1.165) is 17.7 Å². The molecule has 124 valence electrons. The van der Waals surface area contributed by atoms with Gasteiger partial charge in [-0.3, -0.25) is 4.79 Å². The van der Waals surface area contributed by atoms with E-state index in [9.17, 15) is 23.1 Å². The first-order valence-corrected chi connectivity index (χ1v) is 7.10. The molecule has 0 unspecified atom stereocenters. The standard InChI is InChI=1S/C17H12F3NO3/c18-17(19,20)13-8-11(4-6-15(13)22)10-2-1-9-3-5-14(21-24)16(23)12(9)7-10/h1-2,4,6-8,22,24H,3,5H2/b21-14-. The van der Waals surface area contributed by atoms with Crippen molar-refractivity contribution in [3.05, 3.63) is 53.1 Å². The van der Waals surface area contributed by atoms with Gasteiger partial charge in [0.15, 0.2) is 0 Å². The zero-order chi connectivity index (χ0) is 17.5. The summed E-state index contributed by atoms with van der Waals surface area (Å²) in [7, 11) is 0. The molecule has 0 saturated heterocycles. The molecule has 2 N–H and O–H groups in total. The third kappa shape index (κ3) is 2.73. The lowest BCUT2D eigenvalue weighted by Crippen LogP contribution is -2.22. The minimum atomic E-state index is -4.68. The van der Waals surface area contributed by atoms with Crippen molar-refractivity contribution < 1.29 is 28.3 Å². The second-order valence-corrected chi connectivity index (χ2v) is 5.48. The minimum absolute atomic E-state index is 0.0290. The van der Waals surface area contributed by atoms with E-state index in [1.807, 2.05) is 0 Å². The Morgan fingerprint density at radius 1 is 1.00 bits per heavy atom. The second-order valence-electron chi connectivity index (χ2n) is 5.48. The van der Waals surface area contributed by atoms with Gasteiger partial charge in [-0.2, -0.15) is 13.2 Å². The van der Waals surface area contributed by atoms with Crippen LogP contribution < -0.4 is 0 Å². The minimum Gasteiger partial charge on any atom is -0.507 e. The molecule has 0 amide bonds. The average Bonchev–Trinajstić information content (AvgIpc) is 2.54. The predicted octanol–water partition coefficient (Wildman–Crippen LogP) is 4.04. The molecule has 0 aromatic heterocycles. The SMILES string of the molecule is O=C1/C(=N\O)CCc2ccc(-c3ccc(O)c(C(F)(F)F)c3)cc21. The lowest BCUT2D eigenvalue weighted by atomic mass is 9.87. The van der Waals surface area contributed by atoms with Gasteiger partial charge in [0.1, 0.15) is 11.5 Å². The van der Waals surface area contributed by atoms with Gasteiger partial charge in [-0.1, -0.05) is 23.4 Å². The van der Waals surface area contributed by atoms with E-state index in [0.29, 0.717) is 24.0 Å². The van der Waals surface area contributed by atoms with Crippen LogP contribution in [0.3, 0.4) is 0 Å². The van der Waals surface area contributed by atoms with Crippen LogP contribution in [-0.4, -0.2) is 21.8 Å². The summed E-state index contributed by atoms with van der Waals surface area (Å²) >= 11 is 0. The van der Waals surface area contributed by atoms with Crippen molar-refractivity contribution in [1.29, 1.82) is 0 Å². The maximum Gasteiger partial charge on any atom is 0.419 e. The van der Waals surface area contributed by atoms with Crippen LogP contribution in [0.25, 0.3) is 11.1 Å². The molecule has 0 radical (unpaired) electrons. The summed E-state index contributed by atoms with van der Waals surface area (Å²) in [6, 6.07) is 7.94. The molecule has 7 heteroatoms. The Labute approximate surface area is 134 Å². The third-order valence-corrected chi connectivity index (χ3v) is 4.00. The molecule has 0 fully saturated rings. The second kappa shape index (κ2) is 5.67. The normalized spacial score (nSPS) is 16.3. The van der Waals surface area contributed by atoms with Crippen LogP contribution in [0.5, 0.6) is 5.75 Å². The number of aryl methyl sites for hydroxylation is 1. The number of aromatic hydroxyl groups is 1. The first-order chi connectivity index (χ1) is 11.3. The maximum atomic E-state index is 12.9. The van der Waals surface area contributed by atoms with Crippen LogP contribution in [0, 0.1) is 0 Å². The highest BCUT2D eigenvalue weighted by molar-refractivity contribution is 6.47. The summed E-state index contributed by atoms with van der Waals surface area (Å²) in [5.41, 5.74) is 0.595. The van der Waals surface area contributed by atoms with Gasteiger partial charge in [0, 0.05) is 12.0 Å². The van der Waals surface area contributed by atoms with E-state index in [1.54, 1.807) is 12.1 Å². The average molecular weight is 335 g/mol. The van der Waals surface area contributed by atoms with E-state index in [-0.39, 0.29) is 11.3 Å². The number of carbonyl (C=O) groups is 1. The molecule has 0 atom stereocenters. The van der Waals surface area contributed by atoms with Gasteiger partial charge in [-0.25, -0.2) is 0 Å². The predicted molar refractivity (Wildman–Crippen MR) is 80.4 cm³/mol. The topological polar surface area (TPSA) is 69.9 Å². The summed E-state index contributed by atoms with van der Waals surface area (Å²) in [5.74, 6) is -1.29. The summed E-state index contributed by atoms with van der Waals surface area (Å²) in [6.07, 6.45) is -3.84. The lowest BCUT2D eigenvalue weighted by molar-refractivity contribution is -0.138. The first-order valence-electron chi connectivity index (χ1n) is 7.10. The van der Waals surface area contributed by atoms with Gasteiger partial charge in [-0.15, -0.1) is 0 Å². The van der Waals surface area contributed by atoms with Crippen LogP contribution in [0.2, 0.25) is 0 Å². The highest BCUT2D eigenvalue weighted by Gasteiger charge is 2.34. The first kappa shape index (κ1) is 16.0. The van der Waals surface area contributed by atoms with Gasteiger partial charge in [0.2, 0.25) is 5.78 Å². The molecule has 1 aliphatic carbocycles. The zero-order valence-corrected chi connectivity index (χ0v) is 12.3. The Hall–Kier alpha value is -2.83. The van der Waals surface area contributed by atoms with Crippen molar-refractivity contribution in [2.45, 2.75) is 19.0 Å². The Kier molecular flexibility index (Phi) is 3.79. The van der Waals surface area contributed by atoms with E-state index in [1.165, 1.54) is 12.1 Å². The fourth-order valence-electron chi connectivity index (χ4n) is 2.75. The number of halogens is 3. The summed E-state index contributed by atoms with van der Waals surface area (Å²) < 4.78 is 38.8. The van der Waals surface area contributed by atoms with Crippen molar-refractivity contribution in [3.63, 3.8) is 0 Å². The Balaban J connectivity index is 2.09. The number of carbonyl (C=O) groups excluding carboxylic acids is 1. The van der Waals surface area contributed by atoms with Crippen LogP contribution >= 0.6 is 0 Å². The van der Waals surface area contributed by atoms with Crippen LogP contribution in [-0.2, 0) is 12.6 Å². The van der Waals surface area contributed by atoms with Gasteiger partial charge in [0.25, 0.3) is 0 Å². The molecule has 3 rings (SSSR count). The van der Waals surface area contributed by atoms with Gasteiger partial charge < -0.3 is 10.3 Å². The Morgan fingerprint density at radius 2 is 1.67 bits per heavy atom. The van der Waals surface area contributed by atoms with Crippen molar-refractivity contribution in [1.82, 2.24) is 0 Å². The molecule has 0 bridgehead atoms. The molecule has 4 nitrogen and oxygen atoms in total. The number of hydrogen-bond donors (Lipinski definition) is 2. The molecule has 2 aromatic carbocycles. The highest BCUT2D eigenvalue weighted by atomic mass is 19.4. The number of hydrogen-bond acceptors (Lipinski definition) is 4. The number of oxime groups is 1. The van der Waals surface area contributed by atoms with E-state index in [2.05, 4.69) is 5.16 Å². The molecule has 1 aliphatic rings. The molecular formula is C17H12F3NO3. The zero-order valence-electron chi connectivity index (χ0n) is 12.3. The molecule has 0 spiro atoms. The van der Waals surface area contributed by atoms with Crippen molar-refractivity contribution in [2.75, 3.05) is 0 Å². The number of rotatable bonds is 1. The smallest absolute Gasteiger partial charge is 0.419 e. The number of nitrogens with zero attached hydrogens (tertiary/aromatic N) is 1. The van der Waals surface area contributed by atoms with Crippen LogP contribution in [0.1, 0.15) is 27.9 Å². The Bertz CT molecular complexity index is 857. The monoisotopic (exact) mass is 335 g/mol. The third-order valence-electron chi connectivity index (χ3n) is 4.00. The fraction of sp³-hybridized carbons (Fsp3) is 0.176. The lowest BCUT2D eigenvalue weighted by Gasteiger charge is -2.17. The number of alkyl halides is 3. The van der Waals surface area contributed by atoms with E-state index >= 15 is 0 Å². The van der Waals surface area contributed by atoms with E-state index < -0.39 is 23.3 Å². The van der Waals surface area contributed by atoms with Gasteiger partial charge in [0.05, 0.1) is 5.56 Å². The van der Waals surface area contributed by atoms with Gasteiger partial charge in [-0.05, 0) is 41.3 Å². The van der Waals surface area contributed by atoms with Crippen molar-refractivity contribution >= 4 is 11.5 Å². The van der Waals surface area contributed by atoms with Crippen LogP contribution in [0.4, 0.5) is 13.2 Å². The number of Topliss-reactive ketones (excluding diaryl/α,β-unsaturated/α-hetero) is 1. The number of phenols is 1. The number of benzene rings is 2. The molecule has 0 saturated carbocycles. The molecule has 24 heavy (non-hydrogen) atoms. The molecule has 0 aliphatic heterocycles. The molecular weight excluding hydrogens is 323 g/mol. The quantitative estimate of drug-likeness (QED) is 0.610. The number of ketones is 1.